The zero-order valence-electron chi connectivity index (χ0n) is 12.5. The van der Waals surface area contributed by atoms with Crippen molar-refractivity contribution in [2.45, 2.75) is 52.7 Å². The summed E-state index contributed by atoms with van der Waals surface area (Å²) in [6.45, 7) is 14.9. The van der Waals surface area contributed by atoms with Crippen molar-refractivity contribution in [1.29, 1.82) is 0 Å². The molecular weight excluding hydrogens is 224 g/mol. The Morgan fingerprint density at radius 2 is 2.00 bits per heavy atom. The molecule has 0 aromatic carbocycles. The molecule has 1 aliphatic carbocycles. The van der Waals surface area contributed by atoms with Gasteiger partial charge in [0.1, 0.15) is 0 Å². The minimum Gasteiger partial charge on any atom is -0.377 e. The largest absolute Gasteiger partial charge is 0.377 e. The monoisotopic (exact) mass is 254 g/mol. The highest BCUT2D eigenvalue weighted by atomic mass is 16.5. The molecule has 18 heavy (non-hydrogen) atoms. The smallest absolute Gasteiger partial charge is 0.0685 e. The number of hydrogen-bond acceptors (Lipinski definition) is 3. The van der Waals surface area contributed by atoms with Crippen LogP contribution in [0.15, 0.2) is 0 Å². The van der Waals surface area contributed by atoms with Crippen molar-refractivity contribution in [3.8, 4) is 0 Å². The van der Waals surface area contributed by atoms with Gasteiger partial charge in [0.15, 0.2) is 0 Å². The third-order valence-corrected chi connectivity index (χ3v) is 5.01. The van der Waals surface area contributed by atoms with Gasteiger partial charge in [-0.1, -0.05) is 27.7 Å². The van der Waals surface area contributed by atoms with Crippen LogP contribution in [0.5, 0.6) is 0 Å². The number of hydrogen-bond donors (Lipinski definition) is 1. The number of ether oxygens (including phenoxy) is 1. The molecule has 0 spiro atoms. The quantitative estimate of drug-likeness (QED) is 0.704. The van der Waals surface area contributed by atoms with E-state index in [9.17, 15) is 0 Å². The topological polar surface area (TPSA) is 24.5 Å². The third kappa shape index (κ3) is 2.59. The zero-order chi connectivity index (χ0) is 13.2. The molecule has 1 saturated carbocycles. The Bertz CT molecular complexity index is 263. The molecule has 3 nitrogen and oxygen atoms in total. The van der Waals surface area contributed by atoms with E-state index in [2.05, 4.69) is 37.9 Å². The van der Waals surface area contributed by atoms with Gasteiger partial charge < -0.3 is 15.0 Å². The van der Waals surface area contributed by atoms with Crippen LogP contribution in [0.25, 0.3) is 0 Å². The van der Waals surface area contributed by atoms with Gasteiger partial charge in [-0.05, 0) is 39.0 Å². The predicted octanol–water partition coefficient (Wildman–Crippen LogP) is 2.12. The summed E-state index contributed by atoms with van der Waals surface area (Å²) in [4.78, 5) is 2.50. The minimum absolute atomic E-state index is 0.330. The Kier molecular flexibility index (Phi) is 4.68. The highest BCUT2D eigenvalue weighted by molar-refractivity contribution is 5.11. The molecule has 0 bridgehead atoms. The number of rotatable bonds is 7. The first-order chi connectivity index (χ1) is 8.61. The van der Waals surface area contributed by atoms with Gasteiger partial charge in [0, 0.05) is 24.0 Å². The van der Waals surface area contributed by atoms with E-state index in [1.165, 1.54) is 32.5 Å². The van der Waals surface area contributed by atoms with Crippen molar-refractivity contribution in [3.05, 3.63) is 0 Å². The Balaban J connectivity index is 1.68. The second kappa shape index (κ2) is 5.89. The van der Waals surface area contributed by atoms with E-state index in [1.54, 1.807) is 0 Å². The van der Waals surface area contributed by atoms with Crippen LogP contribution >= 0.6 is 0 Å². The molecule has 3 unspecified atom stereocenters. The van der Waals surface area contributed by atoms with Gasteiger partial charge in [-0.25, -0.2) is 0 Å². The van der Waals surface area contributed by atoms with Crippen molar-refractivity contribution < 1.29 is 4.74 Å². The van der Waals surface area contributed by atoms with Gasteiger partial charge >= 0.3 is 0 Å². The Morgan fingerprint density at radius 1 is 1.28 bits per heavy atom. The van der Waals surface area contributed by atoms with E-state index in [1.807, 2.05) is 0 Å². The van der Waals surface area contributed by atoms with Crippen molar-refractivity contribution in [2.24, 2.45) is 11.3 Å². The van der Waals surface area contributed by atoms with Crippen LogP contribution in [0.4, 0.5) is 0 Å². The Morgan fingerprint density at radius 3 is 2.67 bits per heavy atom. The van der Waals surface area contributed by atoms with Crippen molar-refractivity contribution >= 4 is 0 Å². The second-order valence-electron chi connectivity index (χ2n) is 6.38. The lowest BCUT2D eigenvalue weighted by atomic mass is 9.57. The summed E-state index contributed by atoms with van der Waals surface area (Å²) < 4.78 is 5.83. The molecule has 2 aliphatic rings. The fourth-order valence-electron chi connectivity index (χ4n) is 3.84. The summed E-state index contributed by atoms with van der Waals surface area (Å²) >= 11 is 0. The molecule has 1 heterocycles. The van der Waals surface area contributed by atoms with Crippen LogP contribution in [0.2, 0.25) is 0 Å². The van der Waals surface area contributed by atoms with Crippen LogP contribution in [0.3, 0.4) is 0 Å². The highest BCUT2D eigenvalue weighted by Crippen LogP contribution is 2.51. The standard InChI is InChI=1S/C15H30N2O/c1-5-17(6-2)10-7-9-16-13-12-8-11-18-14(12)15(13,3)4/h12-14,16H,5-11H2,1-4H3. The fraction of sp³-hybridized carbons (Fsp3) is 1.00. The molecule has 2 fully saturated rings. The lowest BCUT2D eigenvalue weighted by Crippen LogP contribution is -2.65. The summed E-state index contributed by atoms with van der Waals surface area (Å²) in [6.07, 6.45) is 3.02. The Hall–Kier alpha value is -0.120. The summed E-state index contributed by atoms with van der Waals surface area (Å²) in [5.74, 6) is 0.772. The van der Waals surface area contributed by atoms with Crippen molar-refractivity contribution in [1.82, 2.24) is 10.2 Å². The minimum atomic E-state index is 0.330. The second-order valence-corrected chi connectivity index (χ2v) is 6.38. The molecule has 3 atom stereocenters. The normalized spacial score (nSPS) is 33.5. The summed E-state index contributed by atoms with van der Waals surface area (Å²) in [6, 6.07) is 0.668. The predicted molar refractivity (Wildman–Crippen MR) is 75.8 cm³/mol. The zero-order valence-corrected chi connectivity index (χ0v) is 12.5. The number of nitrogens with one attached hydrogen (secondary N) is 1. The maximum absolute atomic E-state index is 5.83. The molecule has 106 valence electrons. The molecule has 1 saturated heterocycles. The molecule has 1 N–H and O–H groups in total. The molecule has 1 aliphatic heterocycles. The summed E-state index contributed by atoms with van der Waals surface area (Å²) in [5, 5.41) is 3.78. The van der Waals surface area contributed by atoms with E-state index >= 15 is 0 Å². The van der Waals surface area contributed by atoms with Crippen molar-refractivity contribution in [2.75, 3.05) is 32.8 Å². The van der Waals surface area contributed by atoms with Crippen LogP contribution in [-0.4, -0.2) is 49.8 Å². The van der Waals surface area contributed by atoms with E-state index in [0.29, 0.717) is 17.6 Å². The molecule has 2 rings (SSSR count). The van der Waals surface area contributed by atoms with Crippen LogP contribution < -0.4 is 5.32 Å². The van der Waals surface area contributed by atoms with Gasteiger partial charge in [0.05, 0.1) is 6.10 Å². The maximum Gasteiger partial charge on any atom is 0.0685 e. The fourth-order valence-corrected chi connectivity index (χ4v) is 3.84. The SMILES string of the molecule is CCN(CC)CCCNC1C2CCOC2C1(C)C. The van der Waals surface area contributed by atoms with E-state index in [0.717, 1.165) is 19.1 Å². The lowest BCUT2D eigenvalue weighted by Gasteiger charge is -2.55. The average Bonchev–Trinajstić information content (AvgIpc) is 2.80. The van der Waals surface area contributed by atoms with Gasteiger partial charge in [-0.2, -0.15) is 0 Å². The van der Waals surface area contributed by atoms with Crippen molar-refractivity contribution in [3.63, 3.8) is 0 Å². The Labute approximate surface area is 112 Å². The molecule has 0 radical (unpaired) electrons. The summed E-state index contributed by atoms with van der Waals surface area (Å²) in [7, 11) is 0. The van der Waals surface area contributed by atoms with Crippen LogP contribution in [0.1, 0.15) is 40.5 Å². The number of fused-ring (bicyclic) bond motifs is 1. The highest BCUT2D eigenvalue weighted by Gasteiger charge is 2.58. The average molecular weight is 254 g/mol. The first-order valence-corrected chi connectivity index (χ1v) is 7.68. The van der Waals surface area contributed by atoms with Crippen LogP contribution in [0, 0.1) is 11.3 Å². The summed E-state index contributed by atoms with van der Waals surface area (Å²) in [5.41, 5.74) is 0.330. The first-order valence-electron chi connectivity index (χ1n) is 7.68. The van der Waals surface area contributed by atoms with Gasteiger partial charge in [0.25, 0.3) is 0 Å². The van der Waals surface area contributed by atoms with E-state index < -0.39 is 0 Å². The first kappa shape index (κ1) is 14.3. The van der Waals surface area contributed by atoms with Gasteiger partial charge in [0.2, 0.25) is 0 Å². The van der Waals surface area contributed by atoms with Gasteiger partial charge in [-0.15, -0.1) is 0 Å². The van der Waals surface area contributed by atoms with E-state index in [4.69, 9.17) is 4.74 Å². The lowest BCUT2D eigenvalue weighted by molar-refractivity contribution is -0.112. The number of nitrogens with zero attached hydrogens (tertiary/aromatic N) is 1. The molecule has 3 heteroatoms. The molecular formula is C15H30N2O. The van der Waals surface area contributed by atoms with Crippen LogP contribution in [-0.2, 0) is 4.74 Å². The molecule has 0 amide bonds. The molecule has 0 aromatic rings. The third-order valence-electron chi connectivity index (χ3n) is 5.01. The molecule has 0 aromatic heterocycles. The van der Waals surface area contributed by atoms with E-state index in [-0.39, 0.29) is 0 Å². The van der Waals surface area contributed by atoms with Gasteiger partial charge in [-0.3, -0.25) is 0 Å². The maximum atomic E-state index is 5.83.